The maximum atomic E-state index is 5.64. The molecular formula is C6H5BrClN. The Labute approximate surface area is 67.2 Å². The molecule has 0 aliphatic rings. The molecule has 0 amide bonds. The van der Waals surface area contributed by atoms with Crippen LogP contribution in [-0.2, 0) is 5.33 Å². The SMILES string of the molecule is Clc1cncc(CBr)c1. The van der Waals surface area contributed by atoms with Crippen LogP contribution in [0.1, 0.15) is 5.56 Å². The molecule has 0 aliphatic heterocycles. The number of pyridine rings is 1. The third kappa shape index (κ3) is 1.95. The lowest BCUT2D eigenvalue weighted by Gasteiger charge is -1.91. The lowest BCUT2D eigenvalue weighted by Crippen LogP contribution is -1.78. The van der Waals surface area contributed by atoms with Gasteiger partial charge in [-0.25, -0.2) is 0 Å². The number of hydrogen-bond acceptors (Lipinski definition) is 1. The number of nitrogens with zero attached hydrogens (tertiary/aromatic N) is 1. The monoisotopic (exact) mass is 205 g/mol. The molecule has 0 aliphatic carbocycles. The second-order valence-corrected chi connectivity index (χ2v) is 2.64. The number of halogens is 2. The third-order valence-electron chi connectivity index (χ3n) is 0.916. The van der Waals surface area contributed by atoms with Crippen LogP contribution in [-0.4, -0.2) is 4.98 Å². The van der Waals surface area contributed by atoms with E-state index in [1.807, 2.05) is 6.07 Å². The van der Waals surface area contributed by atoms with Gasteiger partial charge in [-0.1, -0.05) is 27.5 Å². The minimum Gasteiger partial charge on any atom is -0.263 e. The summed E-state index contributed by atoms with van der Waals surface area (Å²) in [4.78, 5) is 3.89. The summed E-state index contributed by atoms with van der Waals surface area (Å²) in [5.41, 5.74) is 1.10. The zero-order valence-electron chi connectivity index (χ0n) is 4.64. The van der Waals surface area contributed by atoms with Gasteiger partial charge in [0, 0.05) is 17.7 Å². The van der Waals surface area contributed by atoms with Crippen molar-refractivity contribution >= 4 is 27.5 Å². The molecule has 48 valence electrons. The zero-order valence-corrected chi connectivity index (χ0v) is 6.98. The van der Waals surface area contributed by atoms with Gasteiger partial charge in [-0.15, -0.1) is 0 Å². The first kappa shape index (κ1) is 7.03. The lowest BCUT2D eigenvalue weighted by molar-refractivity contribution is 1.26. The van der Waals surface area contributed by atoms with Gasteiger partial charge in [-0.05, 0) is 11.6 Å². The van der Waals surface area contributed by atoms with Crippen molar-refractivity contribution in [1.29, 1.82) is 0 Å². The summed E-state index contributed by atoms with van der Waals surface area (Å²) >= 11 is 8.93. The molecule has 1 aromatic rings. The van der Waals surface area contributed by atoms with Gasteiger partial charge in [0.25, 0.3) is 0 Å². The third-order valence-corrected chi connectivity index (χ3v) is 1.77. The van der Waals surface area contributed by atoms with Crippen LogP contribution in [0.5, 0.6) is 0 Å². The Morgan fingerprint density at radius 3 is 2.78 bits per heavy atom. The molecule has 0 saturated heterocycles. The fraction of sp³-hybridized carbons (Fsp3) is 0.167. The highest BCUT2D eigenvalue weighted by Crippen LogP contribution is 2.10. The summed E-state index contributed by atoms with van der Waals surface area (Å²) in [5.74, 6) is 0. The number of hydrogen-bond donors (Lipinski definition) is 0. The topological polar surface area (TPSA) is 12.9 Å². The van der Waals surface area contributed by atoms with Gasteiger partial charge in [0.1, 0.15) is 0 Å². The molecule has 0 bridgehead atoms. The molecule has 1 rings (SSSR count). The highest BCUT2D eigenvalue weighted by atomic mass is 79.9. The molecule has 0 N–H and O–H groups in total. The van der Waals surface area contributed by atoms with E-state index in [9.17, 15) is 0 Å². The van der Waals surface area contributed by atoms with Crippen molar-refractivity contribution in [3.63, 3.8) is 0 Å². The second kappa shape index (κ2) is 3.18. The van der Waals surface area contributed by atoms with Crippen LogP contribution in [0.2, 0.25) is 5.02 Å². The van der Waals surface area contributed by atoms with Gasteiger partial charge in [-0.2, -0.15) is 0 Å². The smallest absolute Gasteiger partial charge is 0.0592 e. The first-order valence-electron chi connectivity index (χ1n) is 2.48. The van der Waals surface area contributed by atoms with Crippen molar-refractivity contribution in [2.75, 3.05) is 0 Å². The van der Waals surface area contributed by atoms with Gasteiger partial charge < -0.3 is 0 Å². The molecule has 3 heteroatoms. The Kier molecular flexibility index (Phi) is 2.49. The van der Waals surface area contributed by atoms with E-state index < -0.39 is 0 Å². The van der Waals surface area contributed by atoms with Gasteiger partial charge in [-0.3, -0.25) is 4.98 Å². The number of aromatic nitrogens is 1. The quantitative estimate of drug-likeness (QED) is 0.644. The molecule has 0 saturated carbocycles. The van der Waals surface area contributed by atoms with Crippen molar-refractivity contribution in [2.45, 2.75) is 5.33 Å². The maximum absolute atomic E-state index is 5.64. The van der Waals surface area contributed by atoms with Crippen molar-refractivity contribution in [3.05, 3.63) is 29.0 Å². The van der Waals surface area contributed by atoms with Crippen LogP contribution in [0.4, 0.5) is 0 Å². The molecule has 0 radical (unpaired) electrons. The molecule has 1 heterocycles. The Morgan fingerprint density at radius 1 is 1.56 bits per heavy atom. The van der Waals surface area contributed by atoms with Crippen LogP contribution < -0.4 is 0 Å². The first-order valence-corrected chi connectivity index (χ1v) is 3.98. The van der Waals surface area contributed by atoms with E-state index in [1.54, 1.807) is 12.4 Å². The van der Waals surface area contributed by atoms with E-state index >= 15 is 0 Å². The van der Waals surface area contributed by atoms with E-state index in [0.717, 1.165) is 10.9 Å². The minimum absolute atomic E-state index is 0.687. The standard InChI is InChI=1S/C6H5BrClN/c7-2-5-1-6(8)4-9-3-5/h1,3-4H,2H2. The van der Waals surface area contributed by atoms with Crippen LogP contribution in [0.25, 0.3) is 0 Å². The van der Waals surface area contributed by atoms with Crippen molar-refractivity contribution in [3.8, 4) is 0 Å². The summed E-state index contributed by atoms with van der Waals surface area (Å²) in [6, 6.07) is 1.88. The highest BCUT2D eigenvalue weighted by molar-refractivity contribution is 9.08. The highest BCUT2D eigenvalue weighted by Gasteiger charge is 1.89. The van der Waals surface area contributed by atoms with Crippen molar-refractivity contribution in [2.24, 2.45) is 0 Å². The Bertz CT molecular complexity index is 202. The first-order chi connectivity index (χ1) is 4.33. The van der Waals surface area contributed by atoms with Crippen LogP contribution in [0.3, 0.4) is 0 Å². The average Bonchev–Trinajstić information content (AvgIpc) is 1.88. The summed E-state index contributed by atoms with van der Waals surface area (Å²) in [6.07, 6.45) is 3.40. The summed E-state index contributed by atoms with van der Waals surface area (Å²) in [6.45, 7) is 0. The summed E-state index contributed by atoms with van der Waals surface area (Å²) < 4.78 is 0. The van der Waals surface area contributed by atoms with Crippen molar-refractivity contribution < 1.29 is 0 Å². The molecule has 0 fully saturated rings. The number of alkyl halides is 1. The Balaban J connectivity index is 2.94. The molecule has 0 spiro atoms. The normalized spacial score (nSPS) is 9.56. The van der Waals surface area contributed by atoms with Crippen molar-refractivity contribution in [1.82, 2.24) is 4.98 Å². The molecule has 0 unspecified atom stereocenters. The fourth-order valence-corrected chi connectivity index (χ4v) is 1.03. The molecule has 0 atom stereocenters. The van der Waals surface area contributed by atoms with Gasteiger partial charge >= 0.3 is 0 Å². The lowest BCUT2D eigenvalue weighted by atomic mass is 10.3. The van der Waals surface area contributed by atoms with E-state index in [2.05, 4.69) is 20.9 Å². The molecule has 1 nitrogen and oxygen atoms in total. The molecule has 1 aromatic heterocycles. The molecule has 9 heavy (non-hydrogen) atoms. The van der Waals surface area contributed by atoms with Crippen LogP contribution in [0.15, 0.2) is 18.5 Å². The van der Waals surface area contributed by atoms with E-state index in [-0.39, 0.29) is 0 Å². The van der Waals surface area contributed by atoms with E-state index in [4.69, 9.17) is 11.6 Å². The van der Waals surface area contributed by atoms with Crippen LogP contribution in [0, 0.1) is 0 Å². The minimum atomic E-state index is 0.687. The van der Waals surface area contributed by atoms with E-state index in [1.165, 1.54) is 0 Å². The summed E-state index contributed by atoms with van der Waals surface area (Å²) in [7, 11) is 0. The largest absolute Gasteiger partial charge is 0.263 e. The second-order valence-electron chi connectivity index (χ2n) is 1.65. The van der Waals surface area contributed by atoms with Gasteiger partial charge in [0.05, 0.1) is 5.02 Å². The molecular weight excluding hydrogens is 201 g/mol. The van der Waals surface area contributed by atoms with Crippen LogP contribution >= 0.6 is 27.5 Å². The van der Waals surface area contributed by atoms with Gasteiger partial charge in [0.15, 0.2) is 0 Å². The van der Waals surface area contributed by atoms with Gasteiger partial charge in [0.2, 0.25) is 0 Å². The summed E-state index contributed by atoms with van der Waals surface area (Å²) in [5, 5.41) is 1.49. The Morgan fingerprint density at radius 2 is 2.33 bits per heavy atom. The zero-order chi connectivity index (χ0) is 6.69. The molecule has 0 aromatic carbocycles. The fourth-order valence-electron chi connectivity index (χ4n) is 0.529. The predicted molar refractivity (Wildman–Crippen MR) is 41.9 cm³/mol. The predicted octanol–water partition coefficient (Wildman–Crippen LogP) is 2.63. The number of rotatable bonds is 1. The average molecular weight is 206 g/mol. The Hall–Kier alpha value is -0.0800. The van der Waals surface area contributed by atoms with E-state index in [0.29, 0.717) is 5.02 Å². The maximum Gasteiger partial charge on any atom is 0.0592 e.